The van der Waals surface area contributed by atoms with E-state index in [2.05, 4.69) is 10.6 Å². The van der Waals surface area contributed by atoms with Gasteiger partial charge in [-0.2, -0.15) is 4.31 Å². The van der Waals surface area contributed by atoms with E-state index in [0.717, 1.165) is 0 Å². The van der Waals surface area contributed by atoms with Gasteiger partial charge in [0.15, 0.2) is 0 Å². The van der Waals surface area contributed by atoms with E-state index in [0.29, 0.717) is 37.4 Å². The molecule has 0 aromatic heterocycles. The Labute approximate surface area is 176 Å². The lowest BCUT2D eigenvalue weighted by molar-refractivity contribution is -0.121. The van der Waals surface area contributed by atoms with Crippen molar-refractivity contribution in [3.8, 4) is 0 Å². The normalized spacial score (nSPS) is 14.8. The highest BCUT2D eigenvalue weighted by atomic mass is 32.2. The number of morpholine rings is 1. The van der Waals surface area contributed by atoms with E-state index in [1.165, 1.54) is 4.31 Å². The molecule has 2 amide bonds. The maximum Gasteiger partial charge on any atom is 0.251 e. The van der Waals surface area contributed by atoms with Gasteiger partial charge in [0.25, 0.3) is 5.91 Å². The number of rotatable bonds is 8. The van der Waals surface area contributed by atoms with Crippen LogP contribution in [0, 0.1) is 0 Å². The summed E-state index contributed by atoms with van der Waals surface area (Å²) in [5, 5.41) is 5.42. The van der Waals surface area contributed by atoms with Crippen molar-refractivity contribution in [3.63, 3.8) is 0 Å². The van der Waals surface area contributed by atoms with Crippen molar-refractivity contribution < 1.29 is 22.7 Å². The molecule has 1 fully saturated rings. The van der Waals surface area contributed by atoms with Gasteiger partial charge in [-0.3, -0.25) is 9.59 Å². The van der Waals surface area contributed by atoms with Gasteiger partial charge in [0.1, 0.15) is 0 Å². The maximum absolute atomic E-state index is 12.9. The Bertz CT molecular complexity index is 973. The molecule has 2 N–H and O–H groups in total. The van der Waals surface area contributed by atoms with Crippen molar-refractivity contribution >= 4 is 21.8 Å². The fourth-order valence-corrected chi connectivity index (χ4v) is 4.72. The number of carbonyl (C=O) groups is 2. The predicted octanol–water partition coefficient (Wildman–Crippen LogP) is 1.14. The zero-order chi connectivity index (χ0) is 21.4. The molecule has 1 saturated heterocycles. The fourth-order valence-electron chi connectivity index (χ4n) is 3.09. The number of benzene rings is 2. The Kier molecular flexibility index (Phi) is 7.56. The summed E-state index contributed by atoms with van der Waals surface area (Å²) in [4.78, 5) is 24.3. The second-order valence-corrected chi connectivity index (χ2v) is 8.68. The quantitative estimate of drug-likeness (QED) is 0.652. The molecule has 3 rings (SSSR count). The molecular weight excluding hydrogens is 406 g/mol. The largest absolute Gasteiger partial charge is 0.379 e. The predicted molar refractivity (Wildman–Crippen MR) is 111 cm³/mol. The fraction of sp³-hybridized carbons (Fsp3) is 0.333. The van der Waals surface area contributed by atoms with Crippen LogP contribution in [-0.4, -0.2) is 57.4 Å². The maximum atomic E-state index is 12.9. The molecular formula is C21H25N3O5S. The van der Waals surface area contributed by atoms with Gasteiger partial charge >= 0.3 is 0 Å². The van der Waals surface area contributed by atoms with Gasteiger partial charge in [-0.15, -0.1) is 0 Å². The van der Waals surface area contributed by atoms with Crippen LogP contribution in [0.4, 0.5) is 0 Å². The molecule has 160 valence electrons. The zero-order valence-corrected chi connectivity index (χ0v) is 17.4. The SMILES string of the molecule is O=C(CCNC(=O)c1ccccc1)NCc1ccccc1S(=O)(=O)N1CCOCC1. The van der Waals surface area contributed by atoms with Gasteiger partial charge in [0.2, 0.25) is 15.9 Å². The molecule has 1 heterocycles. The van der Waals surface area contributed by atoms with Crippen LogP contribution in [-0.2, 0) is 26.1 Å². The molecule has 0 radical (unpaired) electrons. The average molecular weight is 432 g/mol. The Hall–Kier alpha value is -2.75. The van der Waals surface area contributed by atoms with E-state index >= 15 is 0 Å². The van der Waals surface area contributed by atoms with Crippen LogP contribution in [0.5, 0.6) is 0 Å². The Morgan fingerprint density at radius 3 is 2.33 bits per heavy atom. The minimum absolute atomic E-state index is 0.0885. The van der Waals surface area contributed by atoms with E-state index < -0.39 is 10.0 Å². The Morgan fingerprint density at radius 1 is 0.933 bits per heavy atom. The summed E-state index contributed by atoms with van der Waals surface area (Å²) >= 11 is 0. The number of carbonyl (C=O) groups excluding carboxylic acids is 2. The number of ether oxygens (including phenoxy) is 1. The van der Waals surface area contributed by atoms with Crippen LogP contribution in [0.25, 0.3) is 0 Å². The molecule has 1 aliphatic rings. The first-order valence-corrected chi connectivity index (χ1v) is 11.2. The molecule has 2 aromatic rings. The number of hydrogen-bond donors (Lipinski definition) is 2. The molecule has 0 bridgehead atoms. The topological polar surface area (TPSA) is 105 Å². The van der Waals surface area contributed by atoms with Crippen LogP contribution < -0.4 is 10.6 Å². The van der Waals surface area contributed by atoms with Crippen LogP contribution in [0.1, 0.15) is 22.3 Å². The second kappa shape index (κ2) is 10.3. The van der Waals surface area contributed by atoms with Gasteiger partial charge in [-0.25, -0.2) is 8.42 Å². The molecule has 0 saturated carbocycles. The van der Waals surface area contributed by atoms with E-state index in [-0.39, 0.29) is 36.2 Å². The third kappa shape index (κ3) is 5.65. The molecule has 0 aliphatic carbocycles. The van der Waals surface area contributed by atoms with E-state index in [9.17, 15) is 18.0 Å². The molecule has 0 unspecified atom stereocenters. The van der Waals surface area contributed by atoms with Crippen molar-refractivity contribution in [1.29, 1.82) is 0 Å². The zero-order valence-electron chi connectivity index (χ0n) is 16.5. The monoisotopic (exact) mass is 431 g/mol. The van der Waals surface area contributed by atoms with Crippen LogP contribution in [0.15, 0.2) is 59.5 Å². The smallest absolute Gasteiger partial charge is 0.251 e. The van der Waals surface area contributed by atoms with Crippen LogP contribution >= 0.6 is 0 Å². The number of nitrogens with zero attached hydrogens (tertiary/aromatic N) is 1. The summed E-state index contributed by atoms with van der Waals surface area (Å²) in [5.74, 6) is -0.521. The van der Waals surface area contributed by atoms with Gasteiger partial charge in [-0.05, 0) is 23.8 Å². The van der Waals surface area contributed by atoms with Crippen molar-refractivity contribution in [2.24, 2.45) is 0 Å². The third-order valence-corrected chi connectivity index (χ3v) is 6.71. The lowest BCUT2D eigenvalue weighted by Crippen LogP contribution is -2.41. The lowest BCUT2D eigenvalue weighted by atomic mass is 10.2. The first-order chi connectivity index (χ1) is 14.5. The average Bonchev–Trinajstić information content (AvgIpc) is 2.79. The summed E-state index contributed by atoms with van der Waals surface area (Å²) in [5.41, 5.74) is 1.05. The number of sulfonamides is 1. The molecule has 0 atom stereocenters. The summed E-state index contributed by atoms with van der Waals surface area (Å²) < 4.78 is 32.5. The van der Waals surface area contributed by atoms with Crippen molar-refractivity contribution in [2.75, 3.05) is 32.8 Å². The van der Waals surface area contributed by atoms with E-state index in [1.807, 2.05) is 6.07 Å². The minimum Gasteiger partial charge on any atom is -0.379 e. The highest BCUT2D eigenvalue weighted by Crippen LogP contribution is 2.21. The number of nitrogens with one attached hydrogen (secondary N) is 2. The van der Waals surface area contributed by atoms with Crippen molar-refractivity contribution in [1.82, 2.24) is 14.9 Å². The first-order valence-electron chi connectivity index (χ1n) is 9.74. The van der Waals surface area contributed by atoms with Crippen LogP contribution in [0.3, 0.4) is 0 Å². The molecule has 9 heteroatoms. The van der Waals surface area contributed by atoms with Gasteiger partial charge < -0.3 is 15.4 Å². The Morgan fingerprint density at radius 2 is 1.60 bits per heavy atom. The standard InChI is InChI=1S/C21H25N3O5S/c25-20(10-11-22-21(26)17-6-2-1-3-7-17)23-16-18-8-4-5-9-19(18)30(27,28)24-12-14-29-15-13-24/h1-9H,10-16H2,(H,22,26)(H,23,25). The summed E-state index contributed by atoms with van der Waals surface area (Å²) in [6.07, 6.45) is 0.0942. The highest BCUT2D eigenvalue weighted by molar-refractivity contribution is 7.89. The molecule has 8 nitrogen and oxygen atoms in total. The van der Waals surface area contributed by atoms with Crippen molar-refractivity contribution in [3.05, 3.63) is 65.7 Å². The second-order valence-electron chi connectivity index (χ2n) is 6.77. The van der Waals surface area contributed by atoms with Crippen molar-refractivity contribution in [2.45, 2.75) is 17.9 Å². The molecule has 30 heavy (non-hydrogen) atoms. The Balaban J connectivity index is 1.53. The van der Waals surface area contributed by atoms with Gasteiger partial charge in [0.05, 0.1) is 18.1 Å². The number of amides is 2. The van der Waals surface area contributed by atoms with Gasteiger partial charge in [-0.1, -0.05) is 36.4 Å². The van der Waals surface area contributed by atoms with E-state index in [4.69, 9.17) is 4.74 Å². The lowest BCUT2D eigenvalue weighted by Gasteiger charge is -2.27. The first kappa shape index (κ1) is 21.9. The molecule has 0 spiro atoms. The summed E-state index contributed by atoms with van der Waals surface area (Å²) in [7, 11) is -3.65. The van der Waals surface area contributed by atoms with E-state index in [1.54, 1.807) is 48.5 Å². The third-order valence-electron chi connectivity index (χ3n) is 4.71. The van der Waals surface area contributed by atoms with Crippen LogP contribution in [0.2, 0.25) is 0 Å². The minimum atomic E-state index is -3.65. The highest BCUT2D eigenvalue weighted by Gasteiger charge is 2.28. The summed E-state index contributed by atoms with van der Waals surface area (Å²) in [6.45, 7) is 1.63. The molecule has 1 aliphatic heterocycles. The van der Waals surface area contributed by atoms with Gasteiger partial charge in [0, 0.05) is 38.2 Å². The molecule has 2 aromatic carbocycles. The summed E-state index contributed by atoms with van der Waals surface area (Å²) in [6, 6.07) is 15.4. The number of hydrogen-bond acceptors (Lipinski definition) is 5.